The van der Waals surface area contributed by atoms with Crippen LogP contribution in [0.3, 0.4) is 0 Å². The van der Waals surface area contributed by atoms with Crippen LogP contribution in [0.1, 0.15) is 44.0 Å². The Morgan fingerprint density at radius 1 is 1.29 bits per heavy atom. The molecule has 4 nitrogen and oxygen atoms in total. The summed E-state index contributed by atoms with van der Waals surface area (Å²) in [5, 5.41) is 25.4. The van der Waals surface area contributed by atoms with E-state index in [1.54, 1.807) is 42.9 Å². The molecule has 0 saturated carbocycles. The predicted molar refractivity (Wildman–Crippen MR) is 120 cm³/mol. The summed E-state index contributed by atoms with van der Waals surface area (Å²) in [7, 11) is 0. The van der Waals surface area contributed by atoms with Gasteiger partial charge in [-0.3, -0.25) is 0 Å². The number of aromatic nitrogens is 2. The van der Waals surface area contributed by atoms with E-state index < -0.39 is 17.7 Å². The molecule has 0 saturated heterocycles. The lowest BCUT2D eigenvalue weighted by atomic mass is 9.74. The molecule has 0 radical (unpaired) electrons. The highest BCUT2D eigenvalue weighted by atomic mass is 32.1. The zero-order valence-corrected chi connectivity index (χ0v) is 18.3. The number of nitriles is 1. The first-order valence-corrected chi connectivity index (χ1v) is 11.5. The Morgan fingerprint density at radius 3 is 2.84 bits per heavy atom. The van der Waals surface area contributed by atoms with Gasteiger partial charge in [0.2, 0.25) is 0 Å². The van der Waals surface area contributed by atoms with Gasteiger partial charge >= 0.3 is 0 Å². The van der Waals surface area contributed by atoms with Crippen molar-refractivity contribution in [2.45, 2.75) is 44.5 Å². The number of rotatable bonds is 3. The first-order chi connectivity index (χ1) is 14.9. The minimum absolute atomic E-state index is 0.150. The van der Waals surface area contributed by atoms with Crippen molar-refractivity contribution in [1.82, 2.24) is 9.55 Å². The number of imidazole rings is 1. The number of allylic oxidation sites excluding steroid dienone is 7. The number of hydrogen-bond acceptors (Lipinski definition) is 4. The summed E-state index contributed by atoms with van der Waals surface area (Å²) in [6, 6.07) is 3.89. The zero-order chi connectivity index (χ0) is 21.8. The summed E-state index contributed by atoms with van der Waals surface area (Å²) in [6.45, 7) is 3.88. The van der Waals surface area contributed by atoms with Gasteiger partial charge in [-0.15, -0.1) is 0 Å². The molecule has 3 aliphatic rings. The normalized spacial score (nSPS) is 32.5. The summed E-state index contributed by atoms with van der Waals surface area (Å²) in [5.74, 6) is -0.341. The van der Waals surface area contributed by atoms with E-state index in [4.69, 9.17) is 0 Å². The first kappa shape index (κ1) is 20.2. The number of halogens is 1. The molecule has 6 heteroatoms. The maximum atomic E-state index is 15.3. The summed E-state index contributed by atoms with van der Waals surface area (Å²) in [6.07, 6.45) is 10.9. The average Bonchev–Trinajstić information content (AvgIpc) is 3.50. The van der Waals surface area contributed by atoms with Gasteiger partial charge in [0.25, 0.3) is 0 Å². The van der Waals surface area contributed by atoms with Crippen LogP contribution in [0, 0.1) is 23.2 Å². The van der Waals surface area contributed by atoms with Gasteiger partial charge in [0.1, 0.15) is 11.8 Å². The lowest BCUT2D eigenvalue weighted by molar-refractivity contribution is 0.0631. The standard InChI is InChI=1S/C25H24FN3OS/c1-15-9-17(19-7-8-31-13-19)4-6-21(15)25(30)10-22(29-14-28-12-23(25)29)20-5-3-18(11-27)16(2)24(20)26/h3-8,12-16,22,24,30H,9-10H2,1-2H3/t15?,16?,22-,24?,25+/m1/s1. The fraction of sp³-hybridized carbons (Fsp3) is 0.360. The van der Waals surface area contributed by atoms with Crippen molar-refractivity contribution in [2.75, 3.05) is 0 Å². The highest BCUT2D eigenvalue weighted by Gasteiger charge is 2.49. The Hall–Kier alpha value is -2.75. The van der Waals surface area contributed by atoms with Gasteiger partial charge in [0, 0.05) is 17.9 Å². The molecule has 5 atom stereocenters. The van der Waals surface area contributed by atoms with Crippen LogP contribution in [-0.2, 0) is 5.60 Å². The van der Waals surface area contributed by atoms with E-state index in [-0.39, 0.29) is 12.0 Å². The molecule has 1 aliphatic heterocycles. The third kappa shape index (κ3) is 3.07. The molecule has 2 aliphatic carbocycles. The number of nitrogens with zero attached hydrogens (tertiary/aromatic N) is 3. The van der Waals surface area contributed by atoms with Crippen LogP contribution in [0.15, 0.2) is 70.4 Å². The Morgan fingerprint density at radius 2 is 2.13 bits per heavy atom. The molecule has 2 aromatic rings. The molecule has 3 unspecified atom stereocenters. The molecule has 3 heterocycles. The number of hydrogen-bond donors (Lipinski definition) is 1. The third-order valence-electron chi connectivity index (χ3n) is 7.02. The second-order valence-electron chi connectivity index (χ2n) is 8.79. The van der Waals surface area contributed by atoms with Crippen molar-refractivity contribution in [3.63, 3.8) is 0 Å². The maximum absolute atomic E-state index is 15.3. The summed E-state index contributed by atoms with van der Waals surface area (Å²) < 4.78 is 17.2. The summed E-state index contributed by atoms with van der Waals surface area (Å²) in [5.41, 5.74) is 4.01. The van der Waals surface area contributed by atoms with Gasteiger partial charge < -0.3 is 9.67 Å². The Kier molecular flexibility index (Phi) is 4.84. The van der Waals surface area contributed by atoms with Gasteiger partial charge in [0.05, 0.1) is 30.3 Å². The molecule has 158 valence electrons. The van der Waals surface area contributed by atoms with Gasteiger partial charge in [-0.05, 0) is 57.5 Å². The lowest BCUT2D eigenvalue weighted by Crippen LogP contribution is -2.31. The van der Waals surface area contributed by atoms with Crippen molar-refractivity contribution < 1.29 is 9.50 Å². The van der Waals surface area contributed by atoms with Gasteiger partial charge in [0.15, 0.2) is 0 Å². The van der Waals surface area contributed by atoms with Gasteiger partial charge in [-0.25, -0.2) is 9.37 Å². The molecule has 31 heavy (non-hydrogen) atoms. The van der Waals surface area contributed by atoms with Crippen LogP contribution in [0.5, 0.6) is 0 Å². The molecule has 1 N–H and O–H groups in total. The average molecular weight is 434 g/mol. The zero-order valence-electron chi connectivity index (χ0n) is 17.5. The van der Waals surface area contributed by atoms with Crippen LogP contribution in [-0.4, -0.2) is 20.8 Å². The van der Waals surface area contributed by atoms with Crippen molar-refractivity contribution >= 4 is 16.9 Å². The molecule has 2 aromatic heterocycles. The Balaban J connectivity index is 1.53. The largest absolute Gasteiger partial charge is 0.379 e. The smallest absolute Gasteiger partial charge is 0.131 e. The van der Waals surface area contributed by atoms with Crippen molar-refractivity contribution in [3.05, 3.63) is 81.6 Å². The molecular formula is C25H24FN3OS. The number of aliphatic hydroxyl groups is 1. The highest BCUT2D eigenvalue weighted by Crippen LogP contribution is 2.52. The molecular weight excluding hydrogens is 409 g/mol. The van der Waals surface area contributed by atoms with E-state index in [2.05, 4.69) is 40.9 Å². The molecule has 5 rings (SSSR count). The second kappa shape index (κ2) is 7.44. The molecule has 0 aromatic carbocycles. The monoisotopic (exact) mass is 433 g/mol. The quantitative estimate of drug-likeness (QED) is 0.696. The second-order valence-corrected chi connectivity index (χ2v) is 9.57. The van der Waals surface area contributed by atoms with Crippen LogP contribution < -0.4 is 0 Å². The predicted octanol–water partition coefficient (Wildman–Crippen LogP) is 5.49. The Labute approximate surface area is 185 Å². The van der Waals surface area contributed by atoms with Crippen molar-refractivity contribution in [1.29, 1.82) is 5.26 Å². The molecule has 0 spiro atoms. The van der Waals surface area contributed by atoms with E-state index in [1.807, 2.05) is 10.6 Å². The fourth-order valence-corrected chi connectivity index (χ4v) is 5.96. The number of fused-ring (bicyclic) bond motifs is 1. The molecule has 0 fully saturated rings. The SMILES string of the molecule is CC1CC(c2ccsc2)=CC=C1[C@@]1(O)C[C@H](C2=CC=C(C#N)C(C)C2F)n2cncc21. The Bertz CT molecular complexity index is 1180. The first-order valence-electron chi connectivity index (χ1n) is 10.6. The van der Waals surface area contributed by atoms with Crippen molar-refractivity contribution in [2.24, 2.45) is 11.8 Å². The molecule has 0 amide bonds. The van der Waals surface area contributed by atoms with Gasteiger partial charge in [-0.2, -0.15) is 16.6 Å². The van der Waals surface area contributed by atoms with Crippen LogP contribution in [0.4, 0.5) is 4.39 Å². The number of thiophene rings is 1. The van der Waals surface area contributed by atoms with E-state index in [0.29, 0.717) is 23.3 Å². The minimum Gasteiger partial charge on any atom is -0.379 e. The fourth-order valence-electron chi connectivity index (χ4n) is 5.28. The van der Waals surface area contributed by atoms with E-state index >= 15 is 4.39 Å². The van der Waals surface area contributed by atoms with E-state index in [1.165, 1.54) is 11.1 Å². The maximum Gasteiger partial charge on any atom is 0.131 e. The minimum atomic E-state index is -1.26. The van der Waals surface area contributed by atoms with Gasteiger partial charge in [-0.1, -0.05) is 32.1 Å². The lowest BCUT2D eigenvalue weighted by Gasteiger charge is -2.33. The topological polar surface area (TPSA) is 61.8 Å². The van der Waals surface area contributed by atoms with Crippen LogP contribution in [0.2, 0.25) is 0 Å². The number of alkyl halides is 1. The van der Waals surface area contributed by atoms with Crippen LogP contribution in [0.25, 0.3) is 5.57 Å². The molecule has 0 bridgehead atoms. The summed E-state index contributed by atoms with van der Waals surface area (Å²) in [4.78, 5) is 4.28. The van der Waals surface area contributed by atoms with E-state index in [9.17, 15) is 10.4 Å². The summed E-state index contributed by atoms with van der Waals surface area (Å²) >= 11 is 1.68. The highest BCUT2D eigenvalue weighted by molar-refractivity contribution is 7.08. The van der Waals surface area contributed by atoms with E-state index in [0.717, 1.165) is 12.0 Å². The van der Waals surface area contributed by atoms with Crippen LogP contribution >= 0.6 is 11.3 Å². The third-order valence-corrected chi connectivity index (χ3v) is 7.71. The van der Waals surface area contributed by atoms with Crippen molar-refractivity contribution in [3.8, 4) is 6.07 Å².